The molecule has 0 amide bonds. The van der Waals surface area contributed by atoms with E-state index in [2.05, 4.69) is 73.2 Å². The average molecular weight is 365 g/mol. The Morgan fingerprint density at radius 1 is 1.00 bits per heavy atom. The van der Waals surface area contributed by atoms with Crippen LogP contribution >= 0.6 is 0 Å². The first-order valence-corrected chi connectivity index (χ1v) is 10.7. The lowest BCUT2D eigenvalue weighted by atomic mass is 9.89. The minimum atomic E-state index is 1.10. The van der Waals surface area contributed by atoms with Crippen molar-refractivity contribution >= 4 is 5.57 Å². The summed E-state index contributed by atoms with van der Waals surface area (Å²) in [6.45, 7) is 10.6. The van der Waals surface area contributed by atoms with Gasteiger partial charge < -0.3 is 9.80 Å². The zero-order valence-corrected chi connectivity index (χ0v) is 17.5. The van der Waals surface area contributed by atoms with Crippen LogP contribution in [-0.4, -0.2) is 49.6 Å². The van der Waals surface area contributed by atoms with E-state index in [0.717, 1.165) is 12.8 Å². The summed E-state index contributed by atoms with van der Waals surface area (Å²) in [7, 11) is 2.22. The van der Waals surface area contributed by atoms with Crippen LogP contribution in [0.1, 0.15) is 50.7 Å². The van der Waals surface area contributed by atoms with E-state index < -0.39 is 0 Å². The number of likely N-dealkylation sites (N-methyl/N-ethyl adjacent to an activating group) is 1. The maximum atomic E-state index is 2.61. The number of piperazine rings is 1. The molecule has 146 valence electrons. The Hall–Kier alpha value is -1.64. The highest BCUT2D eigenvalue weighted by Crippen LogP contribution is 2.31. The van der Waals surface area contributed by atoms with Crippen molar-refractivity contribution in [1.82, 2.24) is 9.80 Å². The Balaban J connectivity index is 1.60. The third-order valence-corrected chi connectivity index (χ3v) is 6.02. The smallest absolute Gasteiger partial charge is 0.0110 e. The van der Waals surface area contributed by atoms with Gasteiger partial charge in [-0.2, -0.15) is 0 Å². The van der Waals surface area contributed by atoms with Gasteiger partial charge >= 0.3 is 0 Å². The van der Waals surface area contributed by atoms with Crippen molar-refractivity contribution in [1.29, 1.82) is 0 Å². The molecule has 0 radical (unpaired) electrons. The van der Waals surface area contributed by atoms with Crippen molar-refractivity contribution in [2.75, 3.05) is 39.8 Å². The van der Waals surface area contributed by atoms with Gasteiger partial charge in [-0.3, -0.25) is 0 Å². The van der Waals surface area contributed by atoms with Gasteiger partial charge in [-0.25, -0.2) is 0 Å². The number of allylic oxidation sites excluding steroid dienone is 6. The molecule has 0 bridgehead atoms. The minimum Gasteiger partial charge on any atom is -0.304 e. The number of hydrogen-bond donors (Lipinski definition) is 0. The van der Waals surface area contributed by atoms with Crippen LogP contribution in [0.25, 0.3) is 5.57 Å². The Morgan fingerprint density at radius 2 is 1.74 bits per heavy atom. The summed E-state index contributed by atoms with van der Waals surface area (Å²) in [5.41, 5.74) is 7.17. The molecule has 1 aliphatic carbocycles. The number of nitrogens with zero attached hydrogens (tertiary/aromatic N) is 2. The van der Waals surface area contributed by atoms with Crippen LogP contribution in [0.15, 0.2) is 53.6 Å². The van der Waals surface area contributed by atoms with Crippen LogP contribution in [0, 0.1) is 0 Å². The Kier molecular flexibility index (Phi) is 7.49. The van der Waals surface area contributed by atoms with Crippen LogP contribution in [0.3, 0.4) is 0 Å². The van der Waals surface area contributed by atoms with Crippen LogP contribution in [0.2, 0.25) is 0 Å². The summed E-state index contributed by atoms with van der Waals surface area (Å²) in [6, 6.07) is 9.36. The second-order valence-electron chi connectivity index (χ2n) is 8.09. The highest BCUT2D eigenvalue weighted by molar-refractivity contribution is 5.84. The summed E-state index contributed by atoms with van der Waals surface area (Å²) in [4.78, 5) is 5.04. The largest absolute Gasteiger partial charge is 0.304 e. The third kappa shape index (κ3) is 5.67. The van der Waals surface area contributed by atoms with Crippen molar-refractivity contribution in [3.05, 3.63) is 64.8 Å². The Bertz CT molecular complexity index is 686. The van der Waals surface area contributed by atoms with E-state index >= 15 is 0 Å². The van der Waals surface area contributed by atoms with E-state index in [1.165, 1.54) is 79.8 Å². The van der Waals surface area contributed by atoms with Crippen molar-refractivity contribution in [3.63, 3.8) is 0 Å². The van der Waals surface area contributed by atoms with E-state index in [4.69, 9.17) is 0 Å². The molecule has 1 fully saturated rings. The fourth-order valence-corrected chi connectivity index (χ4v) is 4.05. The van der Waals surface area contributed by atoms with E-state index in [1.54, 1.807) is 0 Å². The molecule has 1 saturated heterocycles. The van der Waals surface area contributed by atoms with Gasteiger partial charge in [0, 0.05) is 26.2 Å². The maximum Gasteiger partial charge on any atom is 0.0110 e. The molecular weight excluding hydrogens is 328 g/mol. The first-order valence-electron chi connectivity index (χ1n) is 10.7. The Labute approximate surface area is 166 Å². The van der Waals surface area contributed by atoms with Crippen molar-refractivity contribution in [2.45, 2.75) is 46.0 Å². The molecule has 1 aromatic carbocycles. The zero-order valence-electron chi connectivity index (χ0n) is 17.5. The molecule has 1 heterocycles. The predicted molar refractivity (Wildman–Crippen MR) is 118 cm³/mol. The summed E-state index contributed by atoms with van der Waals surface area (Å²) in [5.74, 6) is 0. The predicted octanol–water partition coefficient (Wildman–Crippen LogP) is 5.33. The molecule has 2 aliphatic rings. The van der Waals surface area contributed by atoms with Gasteiger partial charge in [-0.1, -0.05) is 55.0 Å². The lowest BCUT2D eigenvalue weighted by molar-refractivity contribution is 0.153. The van der Waals surface area contributed by atoms with Gasteiger partial charge in [0.2, 0.25) is 0 Å². The zero-order chi connectivity index (χ0) is 19.1. The monoisotopic (exact) mass is 364 g/mol. The molecule has 0 spiro atoms. The quantitative estimate of drug-likeness (QED) is 0.645. The Morgan fingerprint density at radius 3 is 2.37 bits per heavy atom. The minimum absolute atomic E-state index is 1.10. The number of benzene rings is 1. The van der Waals surface area contributed by atoms with Crippen molar-refractivity contribution in [3.8, 4) is 0 Å². The average Bonchev–Trinajstić information content (AvgIpc) is 2.71. The summed E-state index contributed by atoms with van der Waals surface area (Å²) >= 11 is 0. The third-order valence-electron chi connectivity index (χ3n) is 6.02. The maximum absolute atomic E-state index is 2.61. The molecule has 0 saturated carbocycles. The first-order chi connectivity index (χ1) is 13.2. The van der Waals surface area contributed by atoms with Crippen LogP contribution in [-0.2, 0) is 6.42 Å². The summed E-state index contributed by atoms with van der Waals surface area (Å²) < 4.78 is 0. The van der Waals surface area contributed by atoms with Gasteiger partial charge in [-0.05, 0) is 74.9 Å². The molecule has 0 aromatic heterocycles. The normalized spacial score (nSPS) is 19.7. The summed E-state index contributed by atoms with van der Waals surface area (Å²) in [5, 5.41) is 0. The van der Waals surface area contributed by atoms with E-state index in [0.29, 0.717) is 0 Å². The molecule has 2 nitrogen and oxygen atoms in total. The van der Waals surface area contributed by atoms with Crippen molar-refractivity contribution < 1.29 is 0 Å². The molecule has 27 heavy (non-hydrogen) atoms. The van der Waals surface area contributed by atoms with E-state index in [1.807, 2.05) is 0 Å². The van der Waals surface area contributed by atoms with Gasteiger partial charge in [0.05, 0.1) is 0 Å². The second-order valence-corrected chi connectivity index (χ2v) is 8.09. The molecule has 1 aromatic rings. The first kappa shape index (κ1) is 20.1. The summed E-state index contributed by atoms with van der Waals surface area (Å²) in [6.07, 6.45) is 12.9. The fraction of sp³-hybridized carbons (Fsp3) is 0.520. The van der Waals surface area contributed by atoms with Crippen LogP contribution in [0.5, 0.6) is 0 Å². The number of hydrogen-bond acceptors (Lipinski definition) is 2. The highest BCUT2D eigenvalue weighted by atomic mass is 15.2. The van der Waals surface area contributed by atoms with Gasteiger partial charge in [-0.15, -0.1) is 0 Å². The molecule has 0 atom stereocenters. The molecule has 0 N–H and O–H groups in total. The fourth-order valence-electron chi connectivity index (χ4n) is 4.05. The SMILES string of the molecule is CC/C(C)=C(/C1=CCCC=C1)c1ccc(CCCN2CCN(C)CC2)cc1. The molecule has 0 unspecified atom stereocenters. The van der Waals surface area contributed by atoms with Crippen molar-refractivity contribution in [2.24, 2.45) is 0 Å². The van der Waals surface area contributed by atoms with E-state index in [-0.39, 0.29) is 0 Å². The van der Waals surface area contributed by atoms with Gasteiger partial charge in [0.15, 0.2) is 0 Å². The molecule has 2 heteroatoms. The standard InChI is InChI=1S/C25H36N2/c1-4-21(2)25(23-10-6-5-7-11-23)24-14-12-22(13-15-24)9-8-16-27-19-17-26(3)18-20-27/h6,10-15H,4-5,7-9,16-20H2,1-3H3/b25-21-. The van der Waals surface area contributed by atoms with Gasteiger partial charge in [0.1, 0.15) is 0 Å². The second kappa shape index (κ2) is 10.1. The lowest BCUT2D eigenvalue weighted by Gasteiger charge is -2.32. The number of aryl methyl sites for hydroxylation is 1. The van der Waals surface area contributed by atoms with Crippen LogP contribution < -0.4 is 0 Å². The van der Waals surface area contributed by atoms with E-state index in [9.17, 15) is 0 Å². The molecular formula is C25H36N2. The molecule has 3 rings (SSSR count). The number of rotatable bonds is 7. The topological polar surface area (TPSA) is 6.48 Å². The van der Waals surface area contributed by atoms with Crippen LogP contribution in [0.4, 0.5) is 0 Å². The highest BCUT2D eigenvalue weighted by Gasteiger charge is 2.13. The van der Waals surface area contributed by atoms with Gasteiger partial charge in [0.25, 0.3) is 0 Å². The lowest BCUT2D eigenvalue weighted by Crippen LogP contribution is -2.44. The molecule has 1 aliphatic heterocycles.